The molecule has 4 rings (SSSR count). The topological polar surface area (TPSA) is 83.6 Å². The van der Waals surface area contributed by atoms with Crippen LogP contribution in [-0.4, -0.2) is 29.4 Å². The molecule has 1 fully saturated rings. The Kier molecular flexibility index (Phi) is 5.28. The monoisotopic (exact) mass is 484 g/mol. The number of anilines is 1. The third kappa shape index (κ3) is 3.72. The van der Waals surface area contributed by atoms with Crippen molar-refractivity contribution in [2.45, 2.75) is 47.9 Å². The number of sulfonamides is 2. The summed E-state index contributed by atoms with van der Waals surface area (Å²) in [5.41, 5.74) is 1.28. The van der Waals surface area contributed by atoms with Gasteiger partial charge in [-0.1, -0.05) is 28.8 Å². The van der Waals surface area contributed by atoms with Gasteiger partial charge in [0.15, 0.2) is 0 Å². The number of nitrogens with zero attached hydrogens (tertiary/aromatic N) is 1. The van der Waals surface area contributed by atoms with Crippen LogP contribution in [0.1, 0.15) is 31.2 Å². The number of halogens is 1. The Morgan fingerprint density at radius 1 is 0.929 bits per heavy atom. The summed E-state index contributed by atoms with van der Waals surface area (Å²) < 4.78 is 56.3. The predicted octanol–water partition coefficient (Wildman–Crippen LogP) is 3.42. The van der Waals surface area contributed by atoms with Gasteiger partial charge in [-0.15, -0.1) is 0 Å². The number of hydrogen-bond donors (Lipinski definition) is 1. The second kappa shape index (κ2) is 7.44. The molecule has 2 aromatic rings. The van der Waals surface area contributed by atoms with Crippen LogP contribution < -0.4 is 9.03 Å². The zero-order valence-electron chi connectivity index (χ0n) is 15.1. The number of rotatable bonds is 5. The summed E-state index contributed by atoms with van der Waals surface area (Å²) in [6.45, 7) is 0.299. The van der Waals surface area contributed by atoms with Crippen molar-refractivity contribution < 1.29 is 16.8 Å². The molecule has 1 aliphatic carbocycles. The van der Waals surface area contributed by atoms with Crippen molar-refractivity contribution in [3.63, 3.8) is 0 Å². The van der Waals surface area contributed by atoms with Crippen molar-refractivity contribution in [2.24, 2.45) is 0 Å². The molecule has 9 heteroatoms. The van der Waals surface area contributed by atoms with Gasteiger partial charge in [-0.3, -0.25) is 4.31 Å². The summed E-state index contributed by atoms with van der Waals surface area (Å²) in [7, 11) is -7.29. The van der Waals surface area contributed by atoms with E-state index in [2.05, 4.69) is 20.7 Å². The van der Waals surface area contributed by atoms with Crippen molar-refractivity contribution >= 4 is 41.7 Å². The van der Waals surface area contributed by atoms with Crippen LogP contribution in [0.25, 0.3) is 0 Å². The Hall–Kier alpha value is -1.42. The fourth-order valence-corrected chi connectivity index (χ4v) is 6.95. The molecule has 0 saturated heterocycles. The molecule has 1 N–H and O–H groups in total. The third-order valence-corrected chi connectivity index (χ3v) is 9.17. The molecule has 0 aromatic heterocycles. The Labute approximate surface area is 174 Å². The lowest BCUT2D eigenvalue weighted by molar-refractivity contribution is 0.552. The maximum absolute atomic E-state index is 13.0. The minimum absolute atomic E-state index is 0.00691. The van der Waals surface area contributed by atoms with Crippen LogP contribution in [0, 0.1) is 0 Å². The van der Waals surface area contributed by atoms with Gasteiger partial charge in [0.2, 0.25) is 10.0 Å². The molecule has 1 heterocycles. The van der Waals surface area contributed by atoms with Crippen molar-refractivity contribution in [3.8, 4) is 0 Å². The van der Waals surface area contributed by atoms with Crippen molar-refractivity contribution in [1.29, 1.82) is 0 Å². The normalized spacial score (nSPS) is 17.8. The SMILES string of the molecule is O=S(=O)(NC1CCCC1)c1ccc2c(c1)CCN2S(=O)(=O)c1ccc(Br)cc1. The Bertz CT molecular complexity index is 1090. The van der Waals surface area contributed by atoms with Crippen LogP contribution in [0.3, 0.4) is 0 Å². The first-order valence-electron chi connectivity index (χ1n) is 9.21. The zero-order chi connectivity index (χ0) is 19.9. The molecule has 2 aromatic carbocycles. The largest absolute Gasteiger partial charge is 0.266 e. The second-order valence-corrected chi connectivity index (χ2v) is 11.7. The van der Waals surface area contributed by atoms with Crippen LogP contribution in [0.15, 0.2) is 56.7 Å². The van der Waals surface area contributed by atoms with E-state index in [4.69, 9.17) is 0 Å². The van der Waals surface area contributed by atoms with Gasteiger partial charge in [0, 0.05) is 17.1 Å². The second-order valence-electron chi connectivity index (χ2n) is 7.17. The first kappa shape index (κ1) is 19.9. The molecule has 0 radical (unpaired) electrons. The smallest absolute Gasteiger partial charge is 0.264 e. The highest BCUT2D eigenvalue weighted by Gasteiger charge is 2.32. The quantitative estimate of drug-likeness (QED) is 0.704. The minimum atomic E-state index is -3.69. The molecule has 150 valence electrons. The van der Waals surface area contributed by atoms with Crippen molar-refractivity contribution in [3.05, 3.63) is 52.5 Å². The van der Waals surface area contributed by atoms with Crippen molar-refractivity contribution in [1.82, 2.24) is 4.72 Å². The van der Waals surface area contributed by atoms with E-state index in [0.717, 1.165) is 35.7 Å². The van der Waals surface area contributed by atoms with E-state index in [1.165, 1.54) is 10.4 Å². The van der Waals surface area contributed by atoms with Gasteiger partial charge in [0.05, 0.1) is 15.5 Å². The summed E-state index contributed by atoms with van der Waals surface area (Å²) in [5.74, 6) is 0. The van der Waals surface area contributed by atoms with Gasteiger partial charge in [0.25, 0.3) is 10.0 Å². The van der Waals surface area contributed by atoms with Gasteiger partial charge < -0.3 is 0 Å². The molecular formula is C19H21BrN2O4S2. The van der Waals surface area contributed by atoms with E-state index in [9.17, 15) is 16.8 Å². The van der Waals surface area contributed by atoms with E-state index < -0.39 is 20.0 Å². The fourth-order valence-electron chi connectivity index (χ4n) is 3.83. The van der Waals surface area contributed by atoms with E-state index in [-0.39, 0.29) is 15.8 Å². The average molecular weight is 485 g/mol. The van der Waals surface area contributed by atoms with E-state index >= 15 is 0 Å². The lowest BCUT2D eigenvalue weighted by atomic mass is 10.2. The summed E-state index contributed by atoms with van der Waals surface area (Å²) in [6.07, 6.45) is 4.30. The van der Waals surface area contributed by atoms with Gasteiger partial charge in [-0.25, -0.2) is 21.6 Å². The summed E-state index contributed by atoms with van der Waals surface area (Å²) in [4.78, 5) is 0.407. The maximum Gasteiger partial charge on any atom is 0.264 e. The minimum Gasteiger partial charge on any atom is -0.266 e. The highest BCUT2D eigenvalue weighted by atomic mass is 79.9. The van der Waals surface area contributed by atoms with Crippen LogP contribution >= 0.6 is 15.9 Å². The molecule has 6 nitrogen and oxygen atoms in total. The number of nitrogens with one attached hydrogen (secondary N) is 1. The third-order valence-electron chi connectivity index (χ3n) is 5.29. The standard InChI is InChI=1S/C19H21BrN2O4S2/c20-15-5-7-17(8-6-15)28(25,26)22-12-11-14-13-18(9-10-19(14)22)27(23,24)21-16-3-1-2-4-16/h5-10,13,16,21H,1-4,11-12H2. The van der Waals surface area contributed by atoms with Gasteiger partial charge in [-0.05, 0) is 67.3 Å². The molecular weight excluding hydrogens is 464 g/mol. The van der Waals surface area contributed by atoms with Crippen LogP contribution in [0.2, 0.25) is 0 Å². The molecule has 1 aliphatic heterocycles. The first-order chi connectivity index (χ1) is 13.3. The van der Waals surface area contributed by atoms with Crippen LogP contribution in [0.4, 0.5) is 5.69 Å². The molecule has 0 unspecified atom stereocenters. The molecule has 2 aliphatic rings. The van der Waals surface area contributed by atoms with E-state index in [0.29, 0.717) is 18.7 Å². The van der Waals surface area contributed by atoms with Crippen LogP contribution in [0.5, 0.6) is 0 Å². The Morgan fingerprint density at radius 3 is 2.25 bits per heavy atom. The van der Waals surface area contributed by atoms with E-state index in [1.54, 1.807) is 36.4 Å². The maximum atomic E-state index is 13.0. The highest BCUT2D eigenvalue weighted by molar-refractivity contribution is 9.10. The zero-order valence-corrected chi connectivity index (χ0v) is 18.4. The average Bonchev–Trinajstić information content (AvgIpc) is 3.30. The van der Waals surface area contributed by atoms with Gasteiger partial charge in [-0.2, -0.15) is 0 Å². The molecule has 0 amide bonds. The molecule has 1 saturated carbocycles. The highest BCUT2D eigenvalue weighted by Crippen LogP contribution is 2.35. The summed E-state index contributed by atoms with van der Waals surface area (Å²) in [6, 6.07) is 11.2. The number of hydrogen-bond acceptors (Lipinski definition) is 4. The van der Waals surface area contributed by atoms with Gasteiger partial charge >= 0.3 is 0 Å². The predicted molar refractivity (Wildman–Crippen MR) is 111 cm³/mol. The van der Waals surface area contributed by atoms with Crippen molar-refractivity contribution in [2.75, 3.05) is 10.8 Å². The van der Waals surface area contributed by atoms with Gasteiger partial charge in [0.1, 0.15) is 0 Å². The first-order valence-corrected chi connectivity index (χ1v) is 12.9. The molecule has 28 heavy (non-hydrogen) atoms. The fraction of sp³-hybridized carbons (Fsp3) is 0.368. The lowest BCUT2D eigenvalue weighted by Crippen LogP contribution is -2.32. The number of benzene rings is 2. The summed E-state index contributed by atoms with van der Waals surface area (Å²) in [5, 5.41) is 0. The molecule has 0 bridgehead atoms. The lowest BCUT2D eigenvalue weighted by Gasteiger charge is -2.20. The summed E-state index contributed by atoms with van der Waals surface area (Å²) >= 11 is 3.31. The Morgan fingerprint density at radius 2 is 1.57 bits per heavy atom. The molecule has 0 atom stereocenters. The Balaban J connectivity index is 1.62. The molecule has 0 spiro atoms. The van der Waals surface area contributed by atoms with E-state index in [1.807, 2.05) is 0 Å². The number of fused-ring (bicyclic) bond motifs is 1. The van der Waals surface area contributed by atoms with Crippen LogP contribution in [-0.2, 0) is 26.5 Å².